The molecule has 1 N–H and O–H groups in total. The number of pyridine rings is 1. The van der Waals surface area contributed by atoms with Crippen LogP contribution in [0.3, 0.4) is 0 Å². The first-order valence-corrected chi connectivity index (χ1v) is 7.13. The van der Waals surface area contributed by atoms with Crippen molar-refractivity contribution in [2.24, 2.45) is 0 Å². The Morgan fingerprint density at radius 2 is 2.19 bits per heavy atom. The summed E-state index contributed by atoms with van der Waals surface area (Å²) in [6.45, 7) is 2.46. The normalized spacial score (nSPS) is 16.1. The average Bonchev–Trinajstić information content (AvgIpc) is 2.90. The molecule has 1 amide bonds. The van der Waals surface area contributed by atoms with Crippen molar-refractivity contribution in [2.75, 3.05) is 6.54 Å². The molecule has 1 aromatic carbocycles. The fraction of sp³-hybridized carbons (Fsp3) is 0.294. The highest BCUT2D eigenvalue weighted by atomic mass is 16.5. The minimum absolute atomic E-state index is 0.000194. The van der Waals surface area contributed by atoms with Crippen molar-refractivity contribution in [3.8, 4) is 5.75 Å². The third-order valence-corrected chi connectivity index (χ3v) is 3.58. The number of hydrogen-bond acceptors (Lipinski definition) is 3. The fourth-order valence-electron chi connectivity index (χ4n) is 2.45. The number of para-hydroxylation sites is 1. The third kappa shape index (κ3) is 3.40. The molecule has 0 bridgehead atoms. The van der Waals surface area contributed by atoms with Gasteiger partial charge in [-0.2, -0.15) is 0 Å². The summed E-state index contributed by atoms with van der Waals surface area (Å²) in [6, 6.07) is 11.9. The van der Waals surface area contributed by atoms with Crippen LogP contribution < -0.4 is 10.1 Å². The molecule has 4 heteroatoms. The summed E-state index contributed by atoms with van der Waals surface area (Å²) in [6.07, 6.45) is 2.98. The van der Waals surface area contributed by atoms with E-state index in [9.17, 15) is 4.79 Å². The summed E-state index contributed by atoms with van der Waals surface area (Å²) in [5.74, 6) is 0.930. The predicted molar refractivity (Wildman–Crippen MR) is 80.2 cm³/mol. The van der Waals surface area contributed by atoms with E-state index in [-0.39, 0.29) is 12.0 Å². The van der Waals surface area contributed by atoms with Crippen LogP contribution in [0.5, 0.6) is 5.75 Å². The first-order chi connectivity index (χ1) is 10.2. The number of fused-ring (bicyclic) bond motifs is 1. The topological polar surface area (TPSA) is 51.2 Å². The number of carbonyl (C=O) groups excluding carboxylic acids is 1. The molecule has 2 heterocycles. The van der Waals surface area contributed by atoms with Gasteiger partial charge in [0.25, 0.3) is 0 Å². The summed E-state index contributed by atoms with van der Waals surface area (Å²) in [4.78, 5) is 16.1. The fourth-order valence-corrected chi connectivity index (χ4v) is 2.45. The van der Waals surface area contributed by atoms with Gasteiger partial charge in [-0.05, 0) is 30.2 Å². The number of hydrogen-bond donors (Lipinski definition) is 1. The van der Waals surface area contributed by atoms with Crippen molar-refractivity contribution in [2.45, 2.75) is 25.9 Å². The van der Waals surface area contributed by atoms with E-state index < -0.39 is 0 Å². The maximum atomic E-state index is 11.9. The van der Waals surface area contributed by atoms with E-state index in [1.807, 2.05) is 37.3 Å². The van der Waals surface area contributed by atoms with E-state index in [2.05, 4.69) is 16.4 Å². The predicted octanol–water partition coefficient (Wildman–Crippen LogP) is 2.05. The van der Waals surface area contributed by atoms with Crippen LogP contribution in [0, 0.1) is 6.92 Å². The van der Waals surface area contributed by atoms with Gasteiger partial charge in [0.05, 0.1) is 13.0 Å². The number of nitrogens with zero attached hydrogens (tertiary/aromatic N) is 1. The highest BCUT2D eigenvalue weighted by Gasteiger charge is 2.22. The van der Waals surface area contributed by atoms with Crippen LogP contribution >= 0.6 is 0 Å². The molecule has 108 valence electrons. The Morgan fingerprint density at radius 1 is 1.33 bits per heavy atom. The zero-order valence-electron chi connectivity index (χ0n) is 12.0. The summed E-state index contributed by atoms with van der Waals surface area (Å²) in [5, 5.41) is 2.93. The van der Waals surface area contributed by atoms with E-state index in [4.69, 9.17) is 4.74 Å². The summed E-state index contributed by atoms with van der Waals surface area (Å²) in [5.41, 5.74) is 3.09. The molecule has 21 heavy (non-hydrogen) atoms. The smallest absolute Gasteiger partial charge is 0.224 e. The van der Waals surface area contributed by atoms with Crippen LogP contribution in [-0.4, -0.2) is 23.5 Å². The lowest BCUT2D eigenvalue weighted by Crippen LogP contribution is -2.35. The van der Waals surface area contributed by atoms with Crippen LogP contribution in [-0.2, 0) is 17.6 Å². The Hall–Kier alpha value is -2.36. The second-order valence-corrected chi connectivity index (χ2v) is 5.34. The molecule has 0 saturated heterocycles. The Bertz CT molecular complexity index is 612. The van der Waals surface area contributed by atoms with E-state index in [0.717, 1.165) is 23.4 Å². The van der Waals surface area contributed by atoms with Crippen LogP contribution in [0.1, 0.15) is 16.8 Å². The highest BCUT2D eigenvalue weighted by molar-refractivity contribution is 5.78. The molecule has 0 saturated carbocycles. The molecule has 0 aliphatic carbocycles. The second-order valence-electron chi connectivity index (χ2n) is 5.34. The Balaban J connectivity index is 1.48. The molecule has 2 aromatic rings. The van der Waals surface area contributed by atoms with Crippen LogP contribution in [0.25, 0.3) is 0 Å². The lowest BCUT2D eigenvalue weighted by atomic mass is 10.1. The van der Waals surface area contributed by atoms with Crippen LogP contribution in [0.4, 0.5) is 0 Å². The summed E-state index contributed by atoms with van der Waals surface area (Å²) in [7, 11) is 0. The molecule has 1 unspecified atom stereocenters. The van der Waals surface area contributed by atoms with E-state index >= 15 is 0 Å². The molecule has 1 aliphatic heterocycles. The number of carbonyl (C=O) groups is 1. The Labute approximate surface area is 124 Å². The lowest BCUT2D eigenvalue weighted by Gasteiger charge is -2.12. The van der Waals surface area contributed by atoms with E-state index in [1.54, 1.807) is 6.20 Å². The summed E-state index contributed by atoms with van der Waals surface area (Å²) >= 11 is 0. The number of rotatable bonds is 4. The number of aromatic nitrogens is 1. The molecule has 1 aliphatic rings. The molecular weight excluding hydrogens is 264 g/mol. The SMILES string of the molecule is Cc1ccc(CC(=O)NCC2Cc3ccccc3O2)cn1. The highest BCUT2D eigenvalue weighted by Crippen LogP contribution is 2.27. The number of ether oxygens (including phenoxy) is 1. The quantitative estimate of drug-likeness (QED) is 0.933. The molecular formula is C17H18N2O2. The van der Waals surface area contributed by atoms with Gasteiger partial charge >= 0.3 is 0 Å². The van der Waals surface area contributed by atoms with Gasteiger partial charge in [0.1, 0.15) is 11.9 Å². The van der Waals surface area contributed by atoms with E-state index in [1.165, 1.54) is 5.56 Å². The number of aryl methyl sites for hydroxylation is 1. The maximum absolute atomic E-state index is 11.9. The third-order valence-electron chi connectivity index (χ3n) is 3.58. The van der Waals surface area contributed by atoms with Gasteiger partial charge in [0, 0.05) is 18.3 Å². The number of benzene rings is 1. The first kappa shape index (κ1) is 13.6. The minimum Gasteiger partial charge on any atom is -0.488 e. The Kier molecular flexibility index (Phi) is 3.86. The van der Waals surface area contributed by atoms with Gasteiger partial charge in [-0.3, -0.25) is 9.78 Å². The zero-order chi connectivity index (χ0) is 14.7. The van der Waals surface area contributed by atoms with Crippen molar-refractivity contribution >= 4 is 5.91 Å². The maximum Gasteiger partial charge on any atom is 0.224 e. The van der Waals surface area contributed by atoms with Gasteiger partial charge in [-0.25, -0.2) is 0 Å². The van der Waals surface area contributed by atoms with Crippen LogP contribution in [0.15, 0.2) is 42.6 Å². The molecule has 0 radical (unpaired) electrons. The monoisotopic (exact) mass is 282 g/mol. The zero-order valence-corrected chi connectivity index (χ0v) is 12.0. The first-order valence-electron chi connectivity index (χ1n) is 7.13. The Morgan fingerprint density at radius 3 is 2.95 bits per heavy atom. The molecule has 1 atom stereocenters. The average molecular weight is 282 g/mol. The van der Waals surface area contributed by atoms with Gasteiger partial charge < -0.3 is 10.1 Å². The van der Waals surface area contributed by atoms with Gasteiger partial charge in [-0.1, -0.05) is 24.3 Å². The van der Waals surface area contributed by atoms with Crippen molar-refractivity contribution in [3.05, 3.63) is 59.4 Å². The number of nitrogens with one attached hydrogen (secondary N) is 1. The molecule has 0 fully saturated rings. The largest absolute Gasteiger partial charge is 0.488 e. The van der Waals surface area contributed by atoms with Crippen molar-refractivity contribution in [1.29, 1.82) is 0 Å². The van der Waals surface area contributed by atoms with Gasteiger partial charge in [-0.15, -0.1) is 0 Å². The molecule has 3 rings (SSSR count). The van der Waals surface area contributed by atoms with Crippen molar-refractivity contribution in [1.82, 2.24) is 10.3 Å². The van der Waals surface area contributed by atoms with Crippen molar-refractivity contribution < 1.29 is 9.53 Å². The van der Waals surface area contributed by atoms with Gasteiger partial charge in [0.15, 0.2) is 0 Å². The summed E-state index contributed by atoms with van der Waals surface area (Å²) < 4.78 is 5.80. The van der Waals surface area contributed by atoms with Gasteiger partial charge in [0.2, 0.25) is 5.91 Å². The van der Waals surface area contributed by atoms with Crippen LogP contribution in [0.2, 0.25) is 0 Å². The molecule has 0 spiro atoms. The second kappa shape index (κ2) is 5.95. The number of amides is 1. The van der Waals surface area contributed by atoms with Crippen molar-refractivity contribution in [3.63, 3.8) is 0 Å². The van der Waals surface area contributed by atoms with E-state index in [0.29, 0.717) is 13.0 Å². The standard InChI is InChI=1S/C17H18N2O2/c1-12-6-7-13(10-18-12)8-17(20)19-11-15-9-14-4-2-3-5-16(14)21-15/h2-7,10,15H,8-9,11H2,1H3,(H,19,20). The molecule has 1 aromatic heterocycles. The molecule has 4 nitrogen and oxygen atoms in total. The lowest BCUT2D eigenvalue weighted by molar-refractivity contribution is -0.120. The minimum atomic E-state index is 0.000194.